The standard InChI is InChI=1S/C11H8Br2ClNO2S2/c1-6-2-3-7(12)4-9(6)15-19(16,17)10-5-8(14)11(13)18-10/h2-5,15H,1H3. The molecule has 1 aromatic carbocycles. The van der Waals surface area contributed by atoms with E-state index in [0.717, 1.165) is 21.4 Å². The highest BCUT2D eigenvalue weighted by atomic mass is 79.9. The highest BCUT2D eigenvalue weighted by molar-refractivity contribution is 9.11. The van der Waals surface area contributed by atoms with Crippen LogP contribution in [0.4, 0.5) is 5.69 Å². The molecule has 0 spiro atoms. The van der Waals surface area contributed by atoms with Gasteiger partial charge in [-0.1, -0.05) is 33.6 Å². The van der Waals surface area contributed by atoms with Crippen molar-refractivity contribution in [1.29, 1.82) is 0 Å². The minimum atomic E-state index is -3.62. The zero-order valence-corrected chi connectivity index (χ0v) is 15.1. The highest BCUT2D eigenvalue weighted by Gasteiger charge is 2.19. The van der Waals surface area contributed by atoms with Crippen LogP contribution >= 0.6 is 54.8 Å². The lowest BCUT2D eigenvalue weighted by molar-refractivity contribution is 0.603. The Hall–Kier alpha value is -0.0800. The first-order valence-electron chi connectivity index (χ1n) is 5.03. The van der Waals surface area contributed by atoms with Gasteiger partial charge >= 0.3 is 0 Å². The summed E-state index contributed by atoms with van der Waals surface area (Å²) in [6.07, 6.45) is 0. The van der Waals surface area contributed by atoms with E-state index in [4.69, 9.17) is 11.6 Å². The molecular formula is C11H8Br2ClNO2S2. The summed E-state index contributed by atoms with van der Waals surface area (Å²) in [5.74, 6) is 0. The van der Waals surface area contributed by atoms with Gasteiger partial charge in [-0.25, -0.2) is 8.42 Å². The molecule has 0 fully saturated rings. The van der Waals surface area contributed by atoms with Crippen molar-refractivity contribution in [2.75, 3.05) is 4.72 Å². The van der Waals surface area contributed by atoms with Crippen molar-refractivity contribution in [3.05, 3.63) is 43.1 Å². The fraction of sp³-hybridized carbons (Fsp3) is 0.0909. The zero-order valence-electron chi connectivity index (χ0n) is 9.58. The van der Waals surface area contributed by atoms with Gasteiger partial charge in [0.1, 0.15) is 4.21 Å². The average Bonchev–Trinajstić information content (AvgIpc) is 2.65. The Morgan fingerprint density at radius 2 is 1.95 bits per heavy atom. The second-order valence-electron chi connectivity index (χ2n) is 3.75. The lowest BCUT2D eigenvalue weighted by Gasteiger charge is -2.09. The maximum atomic E-state index is 12.2. The van der Waals surface area contributed by atoms with Gasteiger partial charge in [0, 0.05) is 4.47 Å². The molecule has 0 bridgehead atoms. The molecule has 2 aromatic rings. The third-order valence-corrected chi connectivity index (χ3v) is 7.14. The van der Waals surface area contributed by atoms with Crippen molar-refractivity contribution in [1.82, 2.24) is 0 Å². The second-order valence-corrected chi connectivity index (χ2v) is 9.35. The molecule has 0 saturated carbocycles. The number of hydrogen-bond acceptors (Lipinski definition) is 3. The summed E-state index contributed by atoms with van der Waals surface area (Å²) in [6, 6.07) is 6.83. The second kappa shape index (κ2) is 5.73. The Bertz CT molecular complexity index is 709. The summed E-state index contributed by atoms with van der Waals surface area (Å²) in [6.45, 7) is 1.83. The van der Waals surface area contributed by atoms with E-state index in [1.165, 1.54) is 6.07 Å². The van der Waals surface area contributed by atoms with Crippen molar-refractivity contribution in [2.45, 2.75) is 11.1 Å². The molecule has 0 atom stereocenters. The lowest BCUT2D eigenvalue weighted by atomic mass is 10.2. The molecule has 8 heteroatoms. The number of anilines is 1. The van der Waals surface area contributed by atoms with Crippen LogP contribution in [-0.4, -0.2) is 8.42 Å². The molecular weight excluding hydrogens is 438 g/mol. The molecule has 0 amide bonds. The molecule has 3 nitrogen and oxygen atoms in total. The number of rotatable bonds is 3. The molecule has 1 N–H and O–H groups in total. The smallest absolute Gasteiger partial charge is 0.271 e. The molecule has 0 aliphatic rings. The van der Waals surface area contributed by atoms with Gasteiger partial charge in [0.05, 0.1) is 14.5 Å². The molecule has 0 saturated heterocycles. The molecule has 0 aliphatic carbocycles. The van der Waals surface area contributed by atoms with Crippen LogP contribution in [0, 0.1) is 6.92 Å². The minimum absolute atomic E-state index is 0.170. The number of thiophene rings is 1. The first-order chi connectivity index (χ1) is 8.79. The van der Waals surface area contributed by atoms with Gasteiger partial charge in [0.25, 0.3) is 10.0 Å². The van der Waals surface area contributed by atoms with Gasteiger partial charge in [0.2, 0.25) is 0 Å². The van der Waals surface area contributed by atoms with Crippen LogP contribution in [0.25, 0.3) is 0 Å². The fourth-order valence-corrected chi connectivity index (χ4v) is 5.24. The van der Waals surface area contributed by atoms with Crippen molar-refractivity contribution < 1.29 is 8.42 Å². The van der Waals surface area contributed by atoms with Gasteiger partial charge in [-0.3, -0.25) is 4.72 Å². The molecule has 2 rings (SSSR count). The summed E-state index contributed by atoms with van der Waals surface area (Å²) in [7, 11) is -3.62. The maximum absolute atomic E-state index is 12.2. The number of aryl methyl sites for hydroxylation is 1. The average molecular weight is 446 g/mol. The normalized spacial score (nSPS) is 11.6. The molecule has 1 aromatic heterocycles. The fourth-order valence-electron chi connectivity index (χ4n) is 1.36. The Labute approximate surface area is 137 Å². The van der Waals surface area contributed by atoms with Gasteiger partial charge in [-0.05, 0) is 46.6 Å². The van der Waals surface area contributed by atoms with Crippen LogP contribution in [-0.2, 0) is 10.0 Å². The van der Waals surface area contributed by atoms with Crippen molar-refractivity contribution in [3.63, 3.8) is 0 Å². The number of benzene rings is 1. The maximum Gasteiger partial charge on any atom is 0.271 e. The summed E-state index contributed by atoms with van der Waals surface area (Å²) in [4.78, 5) is 0. The molecule has 0 unspecified atom stereocenters. The summed E-state index contributed by atoms with van der Waals surface area (Å²) in [5, 5.41) is 0.385. The topological polar surface area (TPSA) is 46.2 Å². The van der Waals surface area contributed by atoms with E-state index < -0.39 is 10.0 Å². The lowest BCUT2D eigenvalue weighted by Crippen LogP contribution is -2.12. The molecule has 1 heterocycles. The van der Waals surface area contributed by atoms with Gasteiger partial charge < -0.3 is 0 Å². The van der Waals surface area contributed by atoms with Gasteiger partial charge in [0.15, 0.2) is 0 Å². The Kier molecular flexibility index (Phi) is 4.62. The van der Waals surface area contributed by atoms with E-state index >= 15 is 0 Å². The quantitative estimate of drug-likeness (QED) is 0.720. The largest absolute Gasteiger partial charge is 0.279 e. The van der Waals surface area contributed by atoms with Crippen molar-refractivity contribution in [3.8, 4) is 0 Å². The van der Waals surface area contributed by atoms with Crippen LogP contribution in [0.2, 0.25) is 5.02 Å². The third-order valence-electron chi connectivity index (χ3n) is 2.33. The summed E-state index contributed by atoms with van der Waals surface area (Å²) < 4.78 is 28.6. The van der Waals surface area contributed by atoms with E-state index in [9.17, 15) is 8.42 Å². The first-order valence-corrected chi connectivity index (χ1v) is 9.30. The Morgan fingerprint density at radius 1 is 1.26 bits per heavy atom. The van der Waals surface area contributed by atoms with Gasteiger partial charge in [-0.2, -0.15) is 0 Å². The number of nitrogens with one attached hydrogen (secondary N) is 1. The molecule has 0 radical (unpaired) electrons. The van der Waals surface area contributed by atoms with Crippen molar-refractivity contribution >= 4 is 70.5 Å². The van der Waals surface area contributed by atoms with E-state index in [-0.39, 0.29) is 4.21 Å². The molecule has 19 heavy (non-hydrogen) atoms. The van der Waals surface area contributed by atoms with Crippen molar-refractivity contribution in [2.24, 2.45) is 0 Å². The highest BCUT2D eigenvalue weighted by Crippen LogP contribution is 2.35. The SMILES string of the molecule is Cc1ccc(Br)cc1NS(=O)(=O)c1cc(Cl)c(Br)s1. The number of sulfonamides is 1. The monoisotopic (exact) mass is 443 g/mol. The Morgan fingerprint density at radius 3 is 2.53 bits per heavy atom. The number of hydrogen-bond donors (Lipinski definition) is 1. The van der Waals surface area contributed by atoms with Crippen LogP contribution < -0.4 is 4.72 Å². The Balaban J connectivity index is 2.39. The van der Waals surface area contributed by atoms with E-state index in [0.29, 0.717) is 14.5 Å². The zero-order chi connectivity index (χ0) is 14.2. The summed E-state index contributed by atoms with van der Waals surface area (Å²) in [5.41, 5.74) is 1.38. The van der Waals surface area contributed by atoms with Crippen LogP contribution in [0.3, 0.4) is 0 Å². The minimum Gasteiger partial charge on any atom is -0.279 e. The molecule has 102 valence electrons. The number of halogens is 3. The predicted molar refractivity (Wildman–Crippen MR) is 86.7 cm³/mol. The van der Waals surface area contributed by atoms with Crippen LogP contribution in [0.5, 0.6) is 0 Å². The van der Waals surface area contributed by atoms with Crippen LogP contribution in [0.1, 0.15) is 5.56 Å². The van der Waals surface area contributed by atoms with E-state index in [1.54, 1.807) is 6.07 Å². The van der Waals surface area contributed by atoms with E-state index in [1.807, 2.05) is 19.1 Å². The summed E-state index contributed by atoms with van der Waals surface area (Å²) >= 11 is 13.5. The molecule has 0 aliphatic heterocycles. The first kappa shape index (κ1) is 15.3. The van der Waals surface area contributed by atoms with Gasteiger partial charge in [-0.15, -0.1) is 11.3 Å². The third kappa shape index (κ3) is 3.52. The van der Waals surface area contributed by atoms with Crippen LogP contribution in [0.15, 0.2) is 36.7 Å². The van der Waals surface area contributed by atoms with E-state index in [2.05, 4.69) is 36.6 Å². The predicted octanol–water partition coefficient (Wildman–Crippen LogP) is 5.04.